The van der Waals surface area contributed by atoms with Crippen molar-refractivity contribution in [1.29, 1.82) is 0 Å². The molecule has 1 nitrogen and oxygen atoms in total. The zero-order valence-corrected chi connectivity index (χ0v) is 17.9. The molecule has 0 N–H and O–H groups in total. The Morgan fingerprint density at radius 2 is 1.57 bits per heavy atom. The van der Waals surface area contributed by atoms with Crippen LogP contribution in [0.5, 0.6) is 0 Å². The van der Waals surface area contributed by atoms with Crippen molar-refractivity contribution >= 4 is 21.5 Å². The quantitative estimate of drug-likeness (QED) is 0.347. The predicted molar refractivity (Wildman–Crippen MR) is 121 cm³/mol. The lowest BCUT2D eigenvalue weighted by Crippen LogP contribution is -2.35. The highest BCUT2D eigenvalue weighted by Gasteiger charge is 2.21. The molecule has 0 radical (unpaired) electrons. The first-order valence-electron chi connectivity index (χ1n) is 10.6. The molecule has 0 saturated carbocycles. The summed E-state index contributed by atoms with van der Waals surface area (Å²) in [5.41, 5.74) is 6.21. The van der Waals surface area contributed by atoms with Gasteiger partial charge < -0.3 is 0 Å². The van der Waals surface area contributed by atoms with E-state index in [1.165, 1.54) is 33.2 Å². The third-order valence-electron chi connectivity index (χ3n) is 5.58. The van der Waals surface area contributed by atoms with Gasteiger partial charge in [0.2, 0.25) is 5.69 Å². The Balaban J connectivity index is 2.03. The summed E-state index contributed by atoms with van der Waals surface area (Å²) in [5.74, 6) is 0. The van der Waals surface area contributed by atoms with Crippen molar-refractivity contribution in [2.75, 3.05) is 0 Å². The zero-order valence-electron chi connectivity index (χ0n) is 18.9. The average Bonchev–Trinajstić information content (AvgIpc) is 2.66. The molecule has 0 bridgehead atoms. The topological polar surface area (TPSA) is 3.88 Å². The molecule has 4 aromatic rings. The van der Waals surface area contributed by atoms with Crippen LogP contribution in [-0.2, 0) is 13.5 Å². The molecule has 0 aliphatic rings. The van der Waals surface area contributed by atoms with Gasteiger partial charge in [-0.25, -0.2) is 0 Å². The van der Waals surface area contributed by atoms with Gasteiger partial charge in [0.25, 0.3) is 0 Å². The Morgan fingerprint density at radius 1 is 0.893 bits per heavy atom. The van der Waals surface area contributed by atoms with Crippen LogP contribution < -0.4 is 4.57 Å². The number of fused-ring (bicyclic) bond motifs is 2. The van der Waals surface area contributed by atoms with Crippen LogP contribution in [0.15, 0.2) is 60.6 Å². The number of hydrogen-bond acceptors (Lipinski definition) is 0. The lowest BCUT2D eigenvalue weighted by molar-refractivity contribution is -0.665. The maximum Gasteiger partial charge on any atom is 0.220 e. The predicted octanol–water partition coefficient (Wildman–Crippen LogP) is 6.69. The smallest absolute Gasteiger partial charge is 0.198 e. The van der Waals surface area contributed by atoms with Crippen LogP contribution >= 0.6 is 0 Å². The van der Waals surface area contributed by atoms with Crippen molar-refractivity contribution in [3.8, 4) is 11.3 Å². The van der Waals surface area contributed by atoms with Crippen molar-refractivity contribution in [2.24, 2.45) is 12.5 Å². The van der Waals surface area contributed by atoms with Gasteiger partial charge in [-0.3, -0.25) is 0 Å². The third-order valence-corrected chi connectivity index (χ3v) is 5.58. The van der Waals surface area contributed by atoms with E-state index in [0.717, 1.165) is 22.9 Å². The van der Waals surface area contributed by atoms with Crippen LogP contribution in [0.2, 0.25) is 0 Å². The molecule has 0 saturated heterocycles. The Bertz CT molecular complexity index is 1250. The summed E-state index contributed by atoms with van der Waals surface area (Å²) in [5, 5.41) is 4.71. The third kappa shape index (κ3) is 3.42. The maximum absolute atomic E-state index is 8.78. The summed E-state index contributed by atoms with van der Waals surface area (Å²) < 4.78 is 11.0. The molecule has 1 heterocycles. The monoisotopic (exact) mass is 369 g/mol. The summed E-state index contributed by atoms with van der Waals surface area (Å²) in [6, 6.07) is 20.4. The highest BCUT2D eigenvalue weighted by molar-refractivity contribution is 5.97. The highest BCUT2D eigenvalue weighted by atomic mass is 14.9. The molecule has 0 atom stereocenters. The molecule has 4 rings (SSSR count). The van der Waals surface area contributed by atoms with Gasteiger partial charge in [0.1, 0.15) is 7.05 Å². The highest BCUT2D eigenvalue weighted by Crippen LogP contribution is 2.33. The Morgan fingerprint density at radius 3 is 2.25 bits per heavy atom. The normalized spacial score (nSPS) is 12.6. The van der Waals surface area contributed by atoms with Gasteiger partial charge in [-0.05, 0) is 58.2 Å². The van der Waals surface area contributed by atoms with Crippen LogP contribution in [0, 0.1) is 19.3 Å². The van der Waals surface area contributed by atoms with Gasteiger partial charge in [0, 0.05) is 13.0 Å². The van der Waals surface area contributed by atoms with Crippen molar-refractivity contribution in [3.63, 3.8) is 0 Å². The molecule has 0 spiro atoms. The number of nitrogens with zero attached hydrogens (tertiary/aromatic N) is 1. The van der Waals surface area contributed by atoms with E-state index in [2.05, 4.69) is 101 Å². The molecular weight excluding hydrogens is 338 g/mol. The summed E-state index contributed by atoms with van der Waals surface area (Å²) in [6.07, 6.45) is 1.01. The van der Waals surface area contributed by atoms with E-state index in [1.807, 2.05) is 0 Å². The van der Waals surface area contributed by atoms with Crippen LogP contribution in [0.4, 0.5) is 0 Å². The van der Waals surface area contributed by atoms with Crippen molar-refractivity contribution in [2.45, 2.75) is 41.0 Å². The SMILES string of the molecule is [2H]c1c(C)[n+](C)c(-c2cc3ccccc3cc2C)c2ccc(CC(C)(C)C)cc12. The second-order valence-electron chi connectivity index (χ2n) is 9.25. The van der Waals surface area contributed by atoms with Crippen LogP contribution in [0.25, 0.3) is 32.8 Å². The molecule has 0 unspecified atom stereocenters. The molecule has 1 aromatic heterocycles. The number of benzene rings is 3. The zero-order chi connectivity index (χ0) is 20.9. The van der Waals surface area contributed by atoms with Crippen LogP contribution in [0.3, 0.4) is 0 Å². The Labute approximate surface area is 170 Å². The average molecular weight is 370 g/mol. The van der Waals surface area contributed by atoms with Gasteiger partial charge in [-0.15, -0.1) is 0 Å². The molecule has 0 amide bonds. The fraction of sp³-hybridized carbons (Fsp3) is 0.296. The molecule has 28 heavy (non-hydrogen) atoms. The van der Waals surface area contributed by atoms with E-state index in [9.17, 15) is 0 Å². The van der Waals surface area contributed by atoms with Gasteiger partial charge in [-0.1, -0.05) is 63.2 Å². The van der Waals surface area contributed by atoms with Gasteiger partial charge >= 0.3 is 0 Å². The van der Waals surface area contributed by atoms with E-state index < -0.39 is 0 Å². The second kappa shape index (κ2) is 6.74. The van der Waals surface area contributed by atoms with Crippen LogP contribution in [-0.4, -0.2) is 0 Å². The fourth-order valence-corrected chi connectivity index (χ4v) is 4.19. The molecule has 3 aromatic carbocycles. The summed E-state index contributed by atoms with van der Waals surface area (Å²) >= 11 is 0. The Hall–Kier alpha value is -2.67. The summed E-state index contributed by atoms with van der Waals surface area (Å²) in [6.45, 7) is 11.0. The van der Waals surface area contributed by atoms with Gasteiger partial charge in [0.15, 0.2) is 5.69 Å². The lowest BCUT2D eigenvalue weighted by atomic mass is 9.87. The minimum absolute atomic E-state index is 0.224. The number of hydrogen-bond donors (Lipinski definition) is 0. The molecule has 0 aliphatic carbocycles. The molecule has 142 valence electrons. The van der Waals surface area contributed by atoms with E-state index in [0.29, 0.717) is 6.04 Å². The first-order chi connectivity index (χ1) is 13.7. The minimum atomic E-state index is 0.224. The largest absolute Gasteiger partial charge is 0.220 e. The van der Waals surface area contributed by atoms with Crippen molar-refractivity contribution in [3.05, 3.63) is 77.5 Å². The minimum Gasteiger partial charge on any atom is -0.198 e. The number of aryl methyl sites for hydroxylation is 1. The maximum atomic E-state index is 8.78. The second-order valence-corrected chi connectivity index (χ2v) is 9.25. The number of pyridine rings is 1. The first kappa shape index (κ1) is 17.4. The lowest BCUT2D eigenvalue weighted by Gasteiger charge is -2.18. The van der Waals surface area contributed by atoms with Crippen LogP contribution in [0.1, 0.15) is 39.0 Å². The number of aromatic nitrogens is 1. The van der Waals surface area contributed by atoms with Gasteiger partial charge in [0.05, 0.1) is 12.3 Å². The molecular formula is C27H30N+. The van der Waals surface area contributed by atoms with E-state index >= 15 is 0 Å². The van der Waals surface area contributed by atoms with E-state index in [1.54, 1.807) is 0 Å². The standard InChI is InChI=1S/C27H30N/c1-18-13-21-9-7-8-10-22(21)16-25(18)26-24-12-11-20(17-27(3,4)5)15-23(24)14-19(2)28(26)6/h7-16H,17H2,1-6H3/q+1/i14D. The first-order valence-corrected chi connectivity index (χ1v) is 10.1. The summed E-state index contributed by atoms with van der Waals surface area (Å²) in [4.78, 5) is 0. The molecule has 0 aliphatic heterocycles. The Kier molecular flexibility index (Phi) is 4.19. The fourth-order valence-electron chi connectivity index (χ4n) is 4.19. The van der Waals surface area contributed by atoms with Crippen molar-refractivity contribution in [1.82, 2.24) is 0 Å². The molecule has 0 fully saturated rings. The molecule has 1 heteroatoms. The number of rotatable bonds is 2. The van der Waals surface area contributed by atoms with Crippen molar-refractivity contribution < 1.29 is 5.94 Å². The van der Waals surface area contributed by atoms with Gasteiger partial charge in [-0.2, -0.15) is 4.57 Å². The van der Waals surface area contributed by atoms with E-state index in [-0.39, 0.29) is 5.41 Å². The van der Waals surface area contributed by atoms with E-state index in [4.69, 9.17) is 1.37 Å². The summed E-state index contributed by atoms with van der Waals surface area (Å²) in [7, 11) is 2.08.